The monoisotopic (exact) mass is 424 g/mol. The number of nitrogens with zero attached hydrogens (tertiary/aromatic N) is 3. The average molecular weight is 425 g/mol. The van der Waals surface area contributed by atoms with Gasteiger partial charge in [0.2, 0.25) is 5.91 Å². The minimum Gasteiger partial charge on any atom is -0.397 e. The lowest BCUT2D eigenvalue weighted by atomic mass is 10.0. The Morgan fingerprint density at radius 1 is 1.03 bits per heavy atom. The summed E-state index contributed by atoms with van der Waals surface area (Å²) in [5, 5.41) is 0. The second kappa shape index (κ2) is 8.55. The minimum atomic E-state index is -0.287. The highest BCUT2D eigenvalue weighted by Gasteiger charge is 2.43. The van der Waals surface area contributed by atoms with Crippen molar-refractivity contribution >= 4 is 11.6 Å². The Morgan fingerprint density at radius 2 is 1.71 bits per heavy atom. The first-order valence-corrected chi connectivity index (χ1v) is 11.2. The van der Waals surface area contributed by atoms with Crippen LogP contribution in [0.15, 0.2) is 36.4 Å². The SMILES string of the molecule is Nc1ccc(-c2ccc(F)cc2)nc1CC(=O)N1CC2CN(C3CCOCC3)CC2C1. The lowest BCUT2D eigenvalue weighted by molar-refractivity contribution is -0.129. The summed E-state index contributed by atoms with van der Waals surface area (Å²) >= 11 is 0. The van der Waals surface area contributed by atoms with E-state index in [9.17, 15) is 9.18 Å². The Kier molecular flexibility index (Phi) is 5.63. The van der Waals surface area contributed by atoms with Gasteiger partial charge in [-0.15, -0.1) is 0 Å². The zero-order valence-corrected chi connectivity index (χ0v) is 17.7. The summed E-state index contributed by atoms with van der Waals surface area (Å²) in [5.41, 5.74) is 8.73. The third kappa shape index (κ3) is 4.29. The maximum Gasteiger partial charge on any atom is 0.228 e. The molecule has 1 aromatic carbocycles. The van der Waals surface area contributed by atoms with Gasteiger partial charge in [-0.1, -0.05) is 0 Å². The third-order valence-electron chi connectivity index (χ3n) is 7.04. The van der Waals surface area contributed by atoms with Gasteiger partial charge in [0.1, 0.15) is 5.82 Å². The maximum atomic E-state index is 13.2. The van der Waals surface area contributed by atoms with Crippen molar-refractivity contribution in [2.24, 2.45) is 11.8 Å². The van der Waals surface area contributed by atoms with Crippen LogP contribution in [0.25, 0.3) is 11.3 Å². The van der Waals surface area contributed by atoms with Gasteiger partial charge in [0.15, 0.2) is 0 Å². The summed E-state index contributed by atoms with van der Waals surface area (Å²) in [7, 11) is 0. The lowest BCUT2D eigenvalue weighted by Gasteiger charge is -2.32. The molecule has 3 aliphatic rings. The fourth-order valence-electron chi connectivity index (χ4n) is 5.27. The summed E-state index contributed by atoms with van der Waals surface area (Å²) < 4.78 is 18.7. The fourth-order valence-corrected chi connectivity index (χ4v) is 5.27. The Hall–Kier alpha value is -2.51. The van der Waals surface area contributed by atoms with E-state index in [1.807, 2.05) is 11.0 Å². The quantitative estimate of drug-likeness (QED) is 0.817. The number of nitrogen functional groups attached to an aromatic ring is 1. The number of benzene rings is 1. The third-order valence-corrected chi connectivity index (χ3v) is 7.04. The number of amides is 1. The van der Waals surface area contributed by atoms with Gasteiger partial charge in [-0.2, -0.15) is 0 Å². The van der Waals surface area contributed by atoms with Crippen LogP contribution in [-0.4, -0.2) is 66.1 Å². The number of ether oxygens (including phenoxy) is 1. The van der Waals surface area contributed by atoms with E-state index in [0.717, 1.165) is 57.8 Å². The molecule has 0 aliphatic carbocycles. The van der Waals surface area contributed by atoms with Crippen molar-refractivity contribution in [3.63, 3.8) is 0 Å². The van der Waals surface area contributed by atoms with Crippen molar-refractivity contribution in [3.8, 4) is 11.3 Å². The van der Waals surface area contributed by atoms with E-state index < -0.39 is 0 Å². The normalized spacial score (nSPS) is 24.5. The van der Waals surface area contributed by atoms with Crippen LogP contribution in [0.5, 0.6) is 0 Å². The van der Waals surface area contributed by atoms with Crippen LogP contribution in [0, 0.1) is 17.7 Å². The van der Waals surface area contributed by atoms with Gasteiger partial charge < -0.3 is 15.4 Å². The summed E-state index contributed by atoms with van der Waals surface area (Å²) in [6, 6.07) is 10.4. The number of carbonyl (C=O) groups excluding carboxylic acids is 1. The molecule has 3 saturated heterocycles. The number of anilines is 1. The van der Waals surface area contributed by atoms with Gasteiger partial charge >= 0.3 is 0 Å². The molecule has 2 aromatic rings. The molecule has 0 saturated carbocycles. The molecular weight excluding hydrogens is 395 g/mol. The standard InChI is InChI=1S/C24H29FN4O2/c25-19-3-1-16(2-4-19)22-6-5-21(26)23(27-22)11-24(30)29-14-17-12-28(13-18(17)15-29)20-7-9-31-10-8-20/h1-6,17-18,20H,7-15,26H2. The molecule has 3 fully saturated rings. The molecule has 1 aromatic heterocycles. The number of hydrogen-bond donors (Lipinski definition) is 1. The van der Waals surface area contributed by atoms with Gasteiger partial charge in [0, 0.05) is 51.0 Å². The summed E-state index contributed by atoms with van der Waals surface area (Å²) in [6.07, 6.45) is 2.44. The molecule has 1 amide bonds. The van der Waals surface area contributed by atoms with Gasteiger partial charge in [0.05, 0.1) is 23.5 Å². The smallest absolute Gasteiger partial charge is 0.228 e. The van der Waals surface area contributed by atoms with Gasteiger partial charge in [-0.3, -0.25) is 14.7 Å². The maximum absolute atomic E-state index is 13.2. The Balaban J connectivity index is 1.21. The molecule has 7 heteroatoms. The van der Waals surface area contributed by atoms with Crippen molar-refractivity contribution < 1.29 is 13.9 Å². The number of nitrogens with two attached hydrogens (primary N) is 1. The Morgan fingerprint density at radius 3 is 2.39 bits per heavy atom. The number of likely N-dealkylation sites (tertiary alicyclic amines) is 2. The van der Waals surface area contributed by atoms with Crippen LogP contribution < -0.4 is 5.73 Å². The van der Waals surface area contributed by atoms with Crippen LogP contribution in [0.2, 0.25) is 0 Å². The number of halogens is 1. The van der Waals surface area contributed by atoms with E-state index in [2.05, 4.69) is 9.88 Å². The number of carbonyl (C=O) groups is 1. The minimum absolute atomic E-state index is 0.0856. The van der Waals surface area contributed by atoms with Crippen LogP contribution in [0.4, 0.5) is 10.1 Å². The molecule has 164 valence electrons. The van der Waals surface area contributed by atoms with E-state index in [-0.39, 0.29) is 18.1 Å². The molecule has 3 aliphatic heterocycles. The van der Waals surface area contributed by atoms with Crippen molar-refractivity contribution in [3.05, 3.63) is 47.9 Å². The topological polar surface area (TPSA) is 71.7 Å². The van der Waals surface area contributed by atoms with E-state index in [1.165, 1.54) is 12.1 Å². The molecule has 6 nitrogen and oxygen atoms in total. The highest BCUT2D eigenvalue weighted by molar-refractivity contribution is 5.80. The van der Waals surface area contributed by atoms with E-state index >= 15 is 0 Å². The molecular formula is C24H29FN4O2. The first-order chi connectivity index (χ1) is 15.1. The first kappa shape index (κ1) is 20.4. The zero-order chi connectivity index (χ0) is 21.4. The molecule has 2 atom stereocenters. The summed E-state index contributed by atoms with van der Waals surface area (Å²) in [4.78, 5) is 22.2. The number of hydrogen-bond acceptors (Lipinski definition) is 5. The van der Waals surface area contributed by atoms with Crippen molar-refractivity contribution in [1.29, 1.82) is 0 Å². The van der Waals surface area contributed by atoms with Crippen LogP contribution in [0.1, 0.15) is 18.5 Å². The predicted octanol–water partition coefficient (Wildman–Crippen LogP) is 2.58. The molecule has 31 heavy (non-hydrogen) atoms. The molecule has 5 rings (SSSR count). The summed E-state index contributed by atoms with van der Waals surface area (Å²) in [5.74, 6) is 0.914. The molecule has 2 unspecified atom stereocenters. The van der Waals surface area contributed by atoms with E-state index in [0.29, 0.717) is 35.0 Å². The first-order valence-electron chi connectivity index (χ1n) is 11.2. The fraction of sp³-hybridized carbons (Fsp3) is 0.500. The van der Waals surface area contributed by atoms with Crippen molar-refractivity contribution in [2.45, 2.75) is 25.3 Å². The molecule has 2 N–H and O–H groups in total. The Labute approximate surface area is 182 Å². The highest BCUT2D eigenvalue weighted by atomic mass is 19.1. The largest absolute Gasteiger partial charge is 0.397 e. The molecule has 4 heterocycles. The number of fused-ring (bicyclic) bond motifs is 1. The van der Waals surface area contributed by atoms with Crippen molar-refractivity contribution in [1.82, 2.24) is 14.8 Å². The lowest BCUT2D eigenvalue weighted by Crippen LogP contribution is -2.40. The average Bonchev–Trinajstić information content (AvgIpc) is 3.36. The second-order valence-electron chi connectivity index (χ2n) is 9.03. The number of aromatic nitrogens is 1. The predicted molar refractivity (Wildman–Crippen MR) is 117 cm³/mol. The van der Waals surface area contributed by atoms with E-state index in [1.54, 1.807) is 18.2 Å². The number of rotatable bonds is 4. The molecule has 0 radical (unpaired) electrons. The van der Waals surface area contributed by atoms with Crippen LogP contribution in [-0.2, 0) is 16.0 Å². The highest BCUT2D eigenvalue weighted by Crippen LogP contribution is 2.34. The van der Waals surface area contributed by atoms with Gasteiger partial charge in [-0.25, -0.2) is 4.39 Å². The van der Waals surface area contributed by atoms with Crippen LogP contribution >= 0.6 is 0 Å². The van der Waals surface area contributed by atoms with Gasteiger partial charge in [0.25, 0.3) is 0 Å². The van der Waals surface area contributed by atoms with E-state index in [4.69, 9.17) is 10.5 Å². The molecule has 0 bridgehead atoms. The van der Waals surface area contributed by atoms with Crippen LogP contribution in [0.3, 0.4) is 0 Å². The Bertz CT molecular complexity index is 931. The summed E-state index contributed by atoms with van der Waals surface area (Å²) in [6.45, 7) is 5.54. The second-order valence-corrected chi connectivity index (χ2v) is 9.03. The number of pyridine rings is 1. The van der Waals surface area contributed by atoms with Crippen molar-refractivity contribution in [2.75, 3.05) is 45.1 Å². The zero-order valence-electron chi connectivity index (χ0n) is 17.7. The molecule has 0 spiro atoms. The van der Waals surface area contributed by atoms with Gasteiger partial charge in [-0.05, 0) is 61.1 Å².